The standard InChI is InChI=1S/C21H36N4O2/c1-4-27-16-8-5-13-23-21(22-2)24-17-20(25-14-6-7-15-25)18-9-11-19(26-3)12-10-18/h9-12,20H,4-8,13-17H2,1-3H3,(H2,22,23,24). The van der Waals surface area contributed by atoms with Gasteiger partial charge in [-0.3, -0.25) is 9.89 Å². The van der Waals surface area contributed by atoms with E-state index in [1.54, 1.807) is 7.11 Å². The first-order valence-electron chi connectivity index (χ1n) is 10.2. The second-order valence-corrected chi connectivity index (χ2v) is 6.82. The van der Waals surface area contributed by atoms with Crippen molar-refractivity contribution in [1.82, 2.24) is 15.5 Å². The molecule has 0 aromatic heterocycles. The topological polar surface area (TPSA) is 58.1 Å². The molecule has 6 heteroatoms. The van der Waals surface area contributed by atoms with Gasteiger partial charge in [0.05, 0.1) is 13.2 Å². The molecular formula is C21H36N4O2. The molecule has 1 saturated heterocycles. The van der Waals surface area contributed by atoms with Crippen LogP contribution >= 0.6 is 0 Å². The average Bonchev–Trinajstić information content (AvgIpc) is 3.24. The highest BCUT2D eigenvalue weighted by Gasteiger charge is 2.23. The number of benzene rings is 1. The molecule has 1 heterocycles. The normalized spacial score (nSPS) is 16.3. The van der Waals surface area contributed by atoms with E-state index in [2.05, 4.69) is 32.7 Å². The Morgan fingerprint density at radius 3 is 2.52 bits per heavy atom. The summed E-state index contributed by atoms with van der Waals surface area (Å²) in [6.45, 7) is 7.71. The highest BCUT2D eigenvalue weighted by atomic mass is 16.5. The summed E-state index contributed by atoms with van der Waals surface area (Å²) >= 11 is 0. The van der Waals surface area contributed by atoms with Gasteiger partial charge in [0, 0.05) is 33.4 Å². The number of unbranched alkanes of at least 4 members (excludes halogenated alkanes) is 1. The van der Waals surface area contributed by atoms with Crippen molar-refractivity contribution >= 4 is 5.96 Å². The van der Waals surface area contributed by atoms with Gasteiger partial charge in [-0.05, 0) is 63.4 Å². The predicted molar refractivity (Wildman–Crippen MR) is 112 cm³/mol. The zero-order valence-electron chi connectivity index (χ0n) is 17.2. The maximum Gasteiger partial charge on any atom is 0.191 e. The van der Waals surface area contributed by atoms with Crippen molar-refractivity contribution in [3.05, 3.63) is 29.8 Å². The van der Waals surface area contributed by atoms with Crippen LogP contribution in [0.1, 0.15) is 44.2 Å². The van der Waals surface area contributed by atoms with Gasteiger partial charge in [0.1, 0.15) is 5.75 Å². The van der Waals surface area contributed by atoms with E-state index in [0.29, 0.717) is 6.04 Å². The van der Waals surface area contributed by atoms with Gasteiger partial charge in [-0.1, -0.05) is 12.1 Å². The highest BCUT2D eigenvalue weighted by Crippen LogP contribution is 2.26. The van der Waals surface area contributed by atoms with Crippen molar-refractivity contribution < 1.29 is 9.47 Å². The predicted octanol–water partition coefficient (Wildman–Crippen LogP) is 2.81. The number of aliphatic imine (C=N–C) groups is 1. The van der Waals surface area contributed by atoms with E-state index >= 15 is 0 Å². The molecular weight excluding hydrogens is 340 g/mol. The molecule has 1 aliphatic heterocycles. The summed E-state index contributed by atoms with van der Waals surface area (Å²) in [4.78, 5) is 6.93. The number of hydrogen-bond acceptors (Lipinski definition) is 4. The first-order chi connectivity index (χ1) is 13.3. The molecule has 1 unspecified atom stereocenters. The molecule has 1 aromatic rings. The first-order valence-corrected chi connectivity index (χ1v) is 10.2. The average molecular weight is 377 g/mol. The Bertz CT molecular complexity index is 542. The second kappa shape index (κ2) is 12.6. The quantitative estimate of drug-likeness (QED) is 0.353. The van der Waals surface area contributed by atoms with Crippen LogP contribution in [0.2, 0.25) is 0 Å². The van der Waals surface area contributed by atoms with Crippen molar-refractivity contribution in [3.63, 3.8) is 0 Å². The fraction of sp³-hybridized carbons (Fsp3) is 0.667. The largest absolute Gasteiger partial charge is 0.497 e. The monoisotopic (exact) mass is 376 g/mol. The van der Waals surface area contributed by atoms with Crippen molar-refractivity contribution in [2.24, 2.45) is 4.99 Å². The molecule has 1 aromatic carbocycles. The zero-order valence-corrected chi connectivity index (χ0v) is 17.2. The summed E-state index contributed by atoms with van der Waals surface area (Å²) in [5.41, 5.74) is 1.32. The van der Waals surface area contributed by atoms with E-state index < -0.39 is 0 Å². The Morgan fingerprint density at radius 2 is 1.89 bits per heavy atom. The number of likely N-dealkylation sites (tertiary alicyclic amines) is 1. The number of hydrogen-bond donors (Lipinski definition) is 2. The zero-order chi connectivity index (χ0) is 19.3. The van der Waals surface area contributed by atoms with E-state index in [1.807, 2.05) is 26.1 Å². The van der Waals surface area contributed by atoms with Crippen LogP contribution in [-0.2, 0) is 4.74 Å². The third-order valence-electron chi connectivity index (χ3n) is 4.98. The molecule has 0 saturated carbocycles. The van der Waals surface area contributed by atoms with Crippen LogP contribution < -0.4 is 15.4 Å². The van der Waals surface area contributed by atoms with Gasteiger partial charge >= 0.3 is 0 Å². The molecule has 1 atom stereocenters. The van der Waals surface area contributed by atoms with Crippen LogP contribution in [0.25, 0.3) is 0 Å². The lowest BCUT2D eigenvalue weighted by molar-refractivity contribution is 0.143. The Balaban J connectivity index is 1.86. The molecule has 0 bridgehead atoms. The van der Waals surface area contributed by atoms with Gasteiger partial charge in [-0.2, -0.15) is 0 Å². The van der Waals surface area contributed by atoms with Crippen LogP contribution in [0.4, 0.5) is 0 Å². The molecule has 27 heavy (non-hydrogen) atoms. The maximum atomic E-state index is 5.38. The fourth-order valence-corrected chi connectivity index (χ4v) is 3.43. The lowest BCUT2D eigenvalue weighted by Gasteiger charge is -2.29. The van der Waals surface area contributed by atoms with Crippen LogP contribution in [-0.4, -0.2) is 64.4 Å². The summed E-state index contributed by atoms with van der Waals surface area (Å²) in [6.07, 6.45) is 4.70. The summed E-state index contributed by atoms with van der Waals surface area (Å²) in [7, 11) is 3.53. The SMILES string of the molecule is CCOCCCCNC(=NC)NCC(c1ccc(OC)cc1)N1CCCC1. The van der Waals surface area contributed by atoms with Crippen molar-refractivity contribution in [2.45, 2.75) is 38.6 Å². The van der Waals surface area contributed by atoms with Gasteiger partial charge in [0.25, 0.3) is 0 Å². The molecule has 1 fully saturated rings. The smallest absolute Gasteiger partial charge is 0.191 e. The van der Waals surface area contributed by atoms with E-state index in [1.165, 1.54) is 18.4 Å². The summed E-state index contributed by atoms with van der Waals surface area (Å²) in [6, 6.07) is 8.78. The number of guanidine groups is 1. The minimum atomic E-state index is 0.343. The van der Waals surface area contributed by atoms with E-state index in [9.17, 15) is 0 Å². The van der Waals surface area contributed by atoms with Gasteiger partial charge < -0.3 is 20.1 Å². The Hall–Kier alpha value is -1.79. The molecule has 0 aliphatic carbocycles. The fourth-order valence-electron chi connectivity index (χ4n) is 3.43. The van der Waals surface area contributed by atoms with Crippen LogP contribution in [0.3, 0.4) is 0 Å². The number of nitrogens with one attached hydrogen (secondary N) is 2. The lowest BCUT2D eigenvalue weighted by atomic mass is 10.1. The van der Waals surface area contributed by atoms with Gasteiger partial charge in [0.15, 0.2) is 5.96 Å². The van der Waals surface area contributed by atoms with E-state index in [-0.39, 0.29) is 0 Å². The molecule has 0 radical (unpaired) electrons. The highest BCUT2D eigenvalue weighted by molar-refractivity contribution is 5.79. The summed E-state index contributed by atoms with van der Waals surface area (Å²) in [5.74, 6) is 1.76. The van der Waals surface area contributed by atoms with Crippen molar-refractivity contribution in [1.29, 1.82) is 0 Å². The Kier molecular flexibility index (Phi) is 10.0. The van der Waals surface area contributed by atoms with Gasteiger partial charge in [-0.25, -0.2) is 0 Å². The molecule has 0 spiro atoms. The molecule has 152 valence electrons. The molecule has 6 nitrogen and oxygen atoms in total. The van der Waals surface area contributed by atoms with E-state index in [4.69, 9.17) is 9.47 Å². The van der Waals surface area contributed by atoms with Gasteiger partial charge in [0.2, 0.25) is 0 Å². The number of methoxy groups -OCH3 is 1. The summed E-state index contributed by atoms with van der Waals surface area (Å²) in [5, 5.41) is 6.92. The summed E-state index contributed by atoms with van der Waals surface area (Å²) < 4.78 is 10.7. The number of ether oxygens (including phenoxy) is 2. The first kappa shape index (κ1) is 21.5. The molecule has 1 aliphatic rings. The number of rotatable bonds is 11. The second-order valence-electron chi connectivity index (χ2n) is 6.82. The van der Waals surface area contributed by atoms with Crippen molar-refractivity contribution in [3.8, 4) is 5.75 Å². The Morgan fingerprint density at radius 1 is 1.15 bits per heavy atom. The van der Waals surface area contributed by atoms with Crippen LogP contribution in [0, 0.1) is 0 Å². The molecule has 2 N–H and O–H groups in total. The maximum absolute atomic E-state index is 5.38. The minimum Gasteiger partial charge on any atom is -0.497 e. The van der Waals surface area contributed by atoms with Crippen molar-refractivity contribution in [2.75, 3.05) is 53.6 Å². The lowest BCUT2D eigenvalue weighted by Crippen LogP contribution is -2.43. The third-order valence-corrected chi connectivity index (χ3v) is 4.98. The molecule has 2 rings (SSSR count). The number of nitrogens with zero attached hydrogens (tertiary/aromatic N) is 2. The van der Waals surface area contributed by atoms with E-state index in [0.717, 1.165) is 63.9 Å². The third kappa shape index (κ3) is 7.39. The van der Waals surface area contributed by atoms with Crippen LogP contribution in [0.5, 0.6) is 5.75 Å². The minimum absolute atomic E-state index is 0.343. The van der Waals surface area contributed by atoms with Crippen LogP contribution in [0.15, 0.2) is 29.3 Å². The molecule has 0 amide bonds. The Labute approximate surface area is 164 Å². The van der Waals surface area contributed by atoms with Gasteiger partial charge in [-0.15, -0.1) is 0 Å².